The maximum absolute atomic E-state index is 12.7. The minimum Gasteiger partial charge on any atom is -0.472 e. The number of carbonyl (C=O) groups is 1. The summed E-state index contributed by atoms with van der Waals surface area (Å²) in [4.78, 5) is 16.8. The molecule has 2 atom stereocenters. The second kappa shape index (κ2) is 6.42. The van der Waals surface area contributed by atoms with Gasteiger partial charge in [-0.05, 0) is 50.9 Å². The van der Waals surface area contributed by atoms with Crippen molar-refractivity contribution in [2.24, 2.45) is 5.92 Å². The van der Waals surface area contributed by atoms with Crippen molar-refractivity contribution in [1.82, 2.24) is 20.4 Å². The molecule has 2 aromatic rings. The number of methoxy groups -OCH3 is 1. The van der Waals surface area contributed by atoms with Crippen molar-refractivity contribution >= 4 is 28.6 Å². The van der Waals surface area contributed by atoms with Gasteiger partial charge in [-0.1, -0.05) is 16.4 Å². The highest BCUT2D eigenvalue weighted by Gasteiger charge is 2.40. The summed E-state index contributed by atoms with van der Waals surface area (Å²) in [7, 11) is 1.58. The Morgan fingerprint density at radius 2 is 2.08 bits per heavy atom. The summed E-state index contributed by atoms with van der Waals surface area (Å²) in [5, 5.41) is 12.6. The lowest BCUT2D eigenvalue weighted by atomic mass is 9.79. The highest BCUT2D eigenvalue weighted by Crippen LogP contribution is 2.34. The third-order valence-corrected chi connectivity index (χ3v) is 7.23. The number of piperidine rings is 3. The van der Waals surface area contributed by atoms with Crippen molar-refractivity contribution in [1.29, 1.82) is 0 Å². The molecule has 0 aliphatic carbocycles. The Labute approximate surface area is 148 Å². The molecule has 3 aliphatic heterocycles. The molecule has 2 aromatic heterocycles. The number of carbonyl (C=O) groups excluding carboxylic acids is 1. The number of amides is 1. The molecule has 5 rings (SSSR count). The van der Waals surface area contributed by atoms with E-state index in [4.69, 9.17) is 4.74 Å². The van der Waals surface area contributed by atoms with E-state index in [0.717, 1.165) is 14.8 Å². The molecule has 3 fully saturated rings. The monoisotopic (exact) mass is 364 g/mol. The average Bonchev–Trinajstić information content (AvgIpc) is 3.27. The van der Waals surface area contributed by atoms with Crippen molar-refractivity contribution in [2.75, 3.05) is 20.2 Å². The number of ether oxygens (including phenoxy) is 1. The van der Waals surface area contributed by atoms with E-state index >= 15 is 0 Å². The fraction of sp³-hybridized carbons (Fsp3) is 0.562. The van der Waals surface area contributed by atoms with Gasteiger partial charge in [0.05, 0.1) is 16.9 Å². The van der Waals surface area contributed by atoms with Crippen LogP contribution in [-0.4, -0.2) is 53.3 Å². The quantitative estimate of drug-likeness (QED) is 0.903. The Balaban J connectivity index is 1.47. The minimum atomic E-state index is 0.0216. The predicted octanol–water partition coefficient (Wildman–Crippen LogP) is 2.49. The highest BCUT2D eigenvalue weighted by atomic mass is 32.1. The topological polar surface area (TPSA) is 67.3 Å². The summed E-state index contributed by atoms with van der Waals surface area (Å²) in [5.41, 5.74) is 0. The van der Waals surface area contributed by atoms with Gasteiger partial charge in [-0.25, -0.2) is 0 Å². The zero-order valence-electron chi connectivity index (χ0n) is 13.7. The molecule has 5 heterocycles. The van der Waals surface area contributed by atoms with Gasteiger partial charge in [-0.2, -0.15) is 0 Å². The maximum Gasteiger partial charge on any atom is 0.294 e. The molecule has 8 heteroatoms. The van der Waals surface area contributed by atoms with Crippen LogP contribution in [0.15, 0.2) is 12.1 Å². The van der Waals surface area contributed by atoms with E-state index in [1.807, 2.05) is 12.1 Å². The Hall–Kier alpha value is -1.51. The number of aromatic nitrogens is 2. The number of rotatable bonds is 4. The molecular formula is C16H20N4O2S2. The van der Waals surface area contributed by atoms with Crippen molar-refractivity contribution in [3.8, 4) is 15.1 Å². The number of nitrogens with zero attached hydrogens (tertiary/aromatic N) is 3. The third kappa shape index (κ3) is 2.82. The second-order valence-corrected chi connectivity index (χ2v) is 8.38. The first-order valence-electron chi connectivity index (χ1n) is 8.18. The lowest BCUT2D eigenvalue weighted by Gasteiger charge is -2.49. The summed E-state index contributed by atoms with van der Waals surface area (Å²) >= 11 is 2.84. The van der Waals surface area contributed by atoms with E-state index in [9.17, 15) is 4.79 Å². The molecular weight excluding hydrogens is 344 g/mol. The first-order chi connectivity index (χ1) is 11.7. The average molecular weight is 364 g/mol. The zero-order chi connectivity index (χ0) is 16.7. The van der Waals surface area contributed by atoms with Gasteiger partial charge < -0.3 is 10.1 Å². The molecule has 0 unspecified atom stereocenters. The molecule has 128 valence electrons. The second-order valence-electron chi connectivity index (χ2n) is 6.35. The van der Waals surface area contributed by atoms with Gasteiger partial charge in [0.1, 0.15) is 0 Å². The van der Waals surface area contributed by atoms with Gasteiger partial charge in [-0.3, -0.25) is 9.69 Å². The van der Waals surface area contributed by atoms with Gasteiger partial charge in [-0.15, -0.1) is 16.4 Å². The summed E-state index contributed by atoms with van der Waals surface area (Å²) in [6, 6.07) is 4.48. The van der Waals surface area contributed by atoms with Gasteiger partial charge in [0, 0.05) is 12.1 Å². The van der Waals surface area contributed by atoms with E-state index in [1.165, 1.54) is 48.6 Å². The van der Waals surface area contributed by atoms with Crippen LogP contribution in [0.25, 0.3) is 9.88 Å². The molecule has 2 bridgehead atoms. The SMILES string of the molecule is COc1nnc(-c2ccc(C(=O)N[C@@H]3C4CCN(CC4)[C@H]3C)s2)s1. The molecule has 0 spiro atoms. The van der Waals surface area contributed by atoms with Crippen LogP contribution in [0.1, 0.15) is 29.4 Å². The lowest BCUT2D eigenvalue weighted by molar-refractivity contribution is 0.0218. The smallest absolute Gasteiger partial charge is 0.294 e. The molecule has 3 aliphatic rings. The summed E-state index contributed by atoms with van der Waals surface area (Å²) < 4.78 is 5.08. The van der Waals surface area contributed by atoms with Crippen molar-refractivity contribution in [3.63, 3.8) is 0 Å². The minimum absolute atomic E-state index is 0.0216. The molecule has 1 amide bonds. The first kappa shape index (κ1) is 16.0. The summed E-state index contributed by atoms with van der Waals surface area (Å²) in [6.45, 7) is 4.56. The Kier molecular flexibility index (Phi) is 4.28. The number of thiophene rings is 1. The normalized spacial score (nSPS) is 28.8. The number of hydrogen-bond acceptors (Lipinski definition) is 7. The molecule has 24 heavy (non-hydrogen) atoms. The molecule has 0 saturated carbocycles. The molecule has 0 radical (unpaired) electrons. The van der Waals surface area contributed by atoms with Crippen LogP contribution >= 0.6 is 22.7 Å². The molecule has 6 nitrogen and oxygen atoms in total. The maximum atomic E-state index is 12.7. The van der Waals surface area contributed by atoms with Crippen LogP contribution in [0, 0.1) is 5.92 Å². The fourth-order valence-corrected chi connectivity index (χ4v) is 5.35. The first-order valence-corrected chi connectivity index (χ1v) is 9.81. The Morgan fingerprint density at radius 3 is 2.75 bits per heavy atom. The Bertz CT molecular complexity index is 734. The summed E-state index contributed by atoms with van der Waals surface area (Å²) in [6.07, 6.45) is 2.38. The highest BCUT2D eigenvalue weighted by molar-refractivity contribution is 7.23. The molecule has 3 saturated heterocycles. The predicted molar refractivity (Wildman–Crippen MR) is 94.8 cm³/mol. The van der Waals surface area contributed by atoms with Gasteiger partial charge in [0.15, 0.2) is 5.01 Å². The number of nitrogens with one attached hydrogen (secondary N) is 1. The van der Waals surface area contributed by atoms with Crippen molar-refractivity contribution < 1.29 is 9.53 Å². The third-order valence-electron chi connectivity index (χ3n) is 5.10. The number of fused-ring (bicyclic) bond motifs is 3. The number of hydrogen-bond donors (Lipinski definition) is 1. The largest absolute Gasteiger partial charge is 0.472 e. The van der Waals surface area contributed by atoms with Gasteiger partial charge >= 0.3 is 0 Å². The fourth-order valence-electron chi connectivity index (χ4n) is 3.73. The summed E-state index contributed by atoms with van der Waals surface area (Å²) in [5.74, 6) is 0.633. The van der Waals surface area contributed by atoms with Gasteiger partial charge in [0.25, 0.3) is 11.1 Å². The lowest BCUT2D eigenvalue weighted by Crippen LogP contribution is -2.62. The van der Waals surface area contributed by atoms with Crippen LogP contribution in [0.5, 0.6) is 5.19 Å². The molecule has 0 aromatic carbocycles. The standard InChI is InChI=1S/C16H20N4O2S2/c1-9-13(10-5-7-20(9)8-6-10)17-14(21)11-3-4-12(23-11)15-18-19-16(22-2)24-15/h3-4,9-10,13H,5-8H2,1-2H3,(H,17,21)/t9-,13-/m0/s1. The van der Waals surface area contributed by atoms with Crippen LogP contribution in [-0.2, 0) is 0 Å². The van der Waals surface area contributed by atoms with E-state index in [2.05, 4.69) is 27.3 Å². The van der Waals surface area contributed by atoms with Crippen LogP contribution < -0.4 is 10.1 Å². The Morgan fingerprint density at radius 1 is 1.29 bits per heavy atom. The van der Waals surface area contributed by atoms with Crippen LogP contribution in [0.3, 0.4) is 0 Å². The van der Waals surface area contributed by atoms with Crippen LogP contribution in [0.4, 0.5) is 0 Å². The van der Waals surface area contributed by atoms with E-state index < -0.39 is 0 Å². The molecule has 1 N–H and O–H groups in total. The van der Waals surface area contributed by atoms with Crippen molar-refractivity contribution in [2.45, 2.75) is 31.8 Å². The van der Waals surface area contributed by atoms with Crippen LogP contribution in [0.2, 0.25) is 0 Å². The zero-order valence-corrected chi connectivity index (χ0v) is 15.3. The van der Waals surface area contributed by atoms with Crippen molar-refractivity contribution in [3.05, 3.63) is 17.0 Å². The van der Waals surface area contributed by atoms with Gasteiger partial charge in [0.2, 0.25) is 0 Å². The van der Waals surface area contributed by atoms with E-state index in [-0.39, 0.29) is 11.9 Å². The van der Waals surface area contributed by atoms with E-state index in [0.29, 0.717) is 17.2 Å². The van der Waals surface area contributed by atoms with E-state index in [1.54, 1.807) is 7.11 Å².